The van der Waals surface area contributed by atoms with Crippen LogP contribution in [-0.2, 0) is 19.1 Å². The van der Waals surface area contributed by atoms with Crippen LogP contribution in [-0.4, -0.2) is 61.3 Å². The fraction of sp³-hybridized carbons (Fsp3) is 0.737. The number of likely N-dealkylation sites (N-methyl/N-ethyl adjacent to an activating group) is 1. The average molecular weight is 371 g/mol. The minimum atomic E-state index is -1.22. The summed E-state index contributed by atoms with van der Waals surface area (Å²) in [6, 6.07) is 0. The molecule has 1 N–H and O–H groups in total. The Balaban J connectivity index is 3.87. The van der Waals surface area contributed by atoms with Crippen LogP contribution < -0.4 is 5.11 Å². The lowest BCUT2D eigenvalue weighted by Gasteiger charge is -2.29. The Morgan fingerprint density at radius 2 is 1.62 bits per heavy atom. The molecule has 0 aliphatic heterocycles. The molecule has 0 saturated heterocycles. The summed E-state index contributed by atoms with van der Waals surface area (Å²) in [6.07, 6.45) is 8.41. The van der Waals surface area contributed by atoms with Gasteiger partial charge in [0.25, 0.3) is 0 Å². The standard InChI is InChI=1S/C19H33NO6/c1-20(2,3)15-16(14-18(23)24)26-19(25)13-11-9-7-5-4-6-8-10-12-17(21)22/h4,6,16H,5,7-15H2,1-3H3,(H-,21,22,23,24)/b6-4+. The fourth-order valence-electron chi connectivity index (χ4n) is 2.50. The van der Waals surface area contributed by atoms with E-state index in [0.29, 0.717) is 23.9 Å². The second-order valence-corrected chi connectivity index (χ2v) is 7.52. The second-order valence-electron chi connectivity index (χ2n) is 7.52. The summed E-state index contributed by atoms with van der Waals surface area (Å²) in [7, 11) is 5.72. The highest BCUT2D eigenvalue weighted by Gasteiger charge is 2.22. The number of aliphatic carboxylic acids is 2. The Kier molecular flexibility index (Phi) is 12.4. The molecule has 0 saturated carbocycles. The normalized spacial score (nSPS) is 12.9. The van der Waals surface area contributed by atoms with Crippen molar-refractivity contribution < 1.29 is 33.8 Å². The van der Waals surface area contributed by atoms with Crippen LogP contribution in [0.1, 0.15) is 57.8 Å². The van der Waals surface area contributed by atoms with Crippen LogP contribution in [0.2, 0.25) is 0 Å². The largest absolute Gasteiger partial charge is 0.550 e. The van der Waals surface area contributed by atoms with Crippen molar-refractivity contribution >= 4 is 17.9 Å². The first-order chi connectivity index (χ1) is 12.1. The lowest BCUT2D eigenvalue weighted by molar-refractivity contribution is -0.873. The van der Waals surface area contributed by atoms with Gasteiger partial charge in [-0.15, -0.1) is 0 Å². The van der Waals surface area contributed by atoms with Crippen LogP contribution in [0.4, 0.5) is 0 Å². The van der Waals surface area contributed by atoms with Gasteiger partial charge in [-0.25, -0.2) is 0 Å². The zero-order chi connectivity index (χ0) is 20.0. The first-order valence-corrected chi connectivity index (χ1v) is 9.16. The smallest absolute Gasteiger partial charge is 0.306 e. The summed E-state index contributed by atoms with van der Waals surface area (Å²) in [5, 5.41) is 19.3. The number of ether oxygens (including phenoxy) is 1. The van der Waals surface area contributed by atoms with E-state index in [1.54, 1.807) is 0 Å². The first kappa shape index (κ1) is 24.1. The molecule has 1 atom stereocenters. The number of unbranched alkanes of at least 4 members (excludes halogenated alkanes) is 4. The maximum absolute atomic E-state index is 11.9. The quantitative estimate of drug-likeness (QED) is 0.202. The summed E-state index contributed by atoms with van der Waals surface area (Å²) >= 11 is 0. The Morgan fingerprint density at radius 3 is 2.15 bits per heavy atom. The summed E-state index contributed by atoms with van der Waals surface area (Å²) in [5.74, 6) is -2.35. The van der Waals surface area contributed by atoms with Gasteiger partial charge >= 0.3 is 11.9 Å². The number of nitrogens with zero attached hydrogens (tertiary/aromatic N) is 1. The van der Waals surface area contributed by atoms with Crippen LogP contribution in [0, 0.1) is 0 Å². The fourth-order valence-corrected chi connectivity index (χ4v) is 2.50. The van der Waals surface area contributed by atoms with Gasteiger partial charge < -0.3 is 24.2 Å². The van der Waals surface area contributed by atoms with E-state index in [2.05, 4.69) is 0 Å². The molecule has 0 bridgehead atoms. The molecule has 0 heterocycles. The first-order valence-electron chi connectivity index (χ1n) is 9.16. The molecule has 7 heteroatoms. The van der Waals surface area contributed by atoms with Crippen molar-refractivity contribution in [2.75, 3.05) is 27.7 Å². The van der Waals surface area contributed by atoms with Crippen molar-refractivity contribution in [3.63, 3.8) is 0 Å². The molecule has 1 unspecified atom stereocenters. The summed E-state index contributed by atoms with van der Waals surface area (Å²) in [6.45, 7) is 0.423. The number of carbonyl (C=O) groups excluding carboxylic acids is 2. The van der Waals surface area contributed by atoms with Gasteiger partial charge in [-0.1, -0.05) is 18.6 Å². The van der Waals surface area contributed by atoms with Gasteiger partial charge in [0.2, 0.25) is 0 Å². The third-order valence-corrected chi connectivity index (χ3v) is 3.62. The van der Waals surface area contributed by atoms with E-state index in [0.717, 1.165) is 25.7 Å². The zero-order valence-corrected chi connectivity index (χ0v) is 16.2. The summed E-state index contributed by atoms with van der Waals surface area (Å²) in [4.78, 5) is 33.0. The SMILES string of the molecule is C[N+](C)(C)CC(CC(=O)[O-])OC(=O)CCCCC/C=C/CCCC(=O)O. The van der Waals surface area contributed by atoms with Gasteiger partial charge in [0, 0.05) is 25.2 Å². The van der Waals surface area contributed by atoms with E-state index < -0.39 is 18.0 Å². The highest BCUT2D eigenvalue weighted by atomic mass is 16.5. The van der Waals surface area contributed by atoms with E-state index in [-0.39, 0.29) is 25.2 Å². The van der Waals surface area contributed by atoms with Crippen molar-refractivity contribution in [3.8, 4) is 0 Å². The predicted octanol–water partition coefficient (Wildman–Crippen LogP) is 1.51. The molecule has 150 valence electrons. The van der Waals surface area contributed by atoms with Gasteiger partial charge in [0.1, 0.15) is 6.54 Å². The molecule has 0 aromatic rings. The molecule has 0 spiro atoms. The molecular weight excluding hydrogens is 338 g/mol. The van der Waals surface area contributed by atoms with Crippen molar-refractivity contribution in [3.05, 3.63) is 12.2 Å². The van der Waals surface area contributed by atoms with Crippen LogP contribution in [0.3, 0.4) is 0 Å². The maximum Gasteiger partial charge on any atom is 0.306 e. The number of esters is 1. The predicted molar refractivity (Wildman–Crippen MR) is 96.1 cm³/mol. The monoisotopic (exact) mass is 371 g/mol. The van der Waals surface area contributed by atoms with Gasteiger partial charge in [-0.2, -0.15) is 0 Å². The van der Waals surface area contributed by atoms with E-state index in [1.165, 1.54) is 0 Å². The average Bonchev–Trinajstić information content (AvgIpc) is 2.46. The van der Waals surface area contributed by atoms with E-state index in [9.17, 15) is 19.5 Å². The van der Waals surface area contributed by atoms with Gasteiger partial charge in [0.05, 0.1) is 21.1 Å². The second kappa shape index (κ2) is 13.3. The molecule has 0 aromatic heterocycles. The van der Waals surface area contributed by atoms with Crippen LogP contribution in [0.15, 0.2) is 12.2 Å². The number of rotatable bonds is 15. The Morgan fingerprint density at radius 1 is 1.00 bits per heavy atom. The lowest BCUT2D eigenvalue weighted by atomic mass is 10.1. The van der Waals surface area contributed by atoms with Crippen molar-refractivity contribution in [1.82, 2.24) is 0 Å². The number of hydrogen-bond donors (Lipinski definition) is 1. The van der Waals surface area contributed by atoms with Crippen LogP contribution in [0.5, 0.6) is 0 Å². The number of carbonyl (C=O) groups is 3. The molecule has 0 amide bonds. The molecule has 0 aliphatic rings. The zero-order valence-electron chi connectivity index (χ0n) is 16.2. The van der Waals surface area contributed by atoms with Gasteiger partial charge in [-0.05, 0) is 32.1 Å². The van der Waals surface area contributed by atoms with Gasteiger partial charge in [-0.3, -0.25) is 9.59 Å². The van der Waals surface area contributed by atoms with Crippen molar-refractivity contribution in [2.45, 2.75) is 63.9 Å². The lowest BCUT2D eigenvalue weighted by Crippen LogP contribution is -2.45. The molecule has 7 nitrogen and oxygen atoms in total. The number of carboxylic acid groups (broad SMARTS) is 2. The van der Waals surface area contributed by atoms with Crippen LogP contribution >= 0.6 is 0 Å². The van der Waals surface area contributed by atoms with E-state index in [4.69, 9.17) is 9.84 Å². The summed E-state index contributed by atoms with van der Waals surface area (Å²) in [5.41, 5.74) is 0. The molecule has 0 aromatic carbocycles. The van der Waals surface area contributed by atoms with Gasteiger partial charge in [0.15, 0.2) is 6.10 Å². The molecule has 0 aliphatic carbocycles. The summed E-state index contributed by atoms with van der Waals surface area (Å²) < 4.78 is 5.80. The minimum absolute atomic E-state index is 0.194. The van der Waals surface area contributed by atoms with Crippen molar-refractivity contribution in [2.24, 2.45) is 0 Å². The third-order valence-electron chi connectivity index (χ3n) is 3.62. The number of quaternary nitrogens is 1. The molecule has 0 fully saturated rings. The maximum atomic E-state index is 11.9. The van der Waals surface area contributed by atoms with E-state index in [1.807, 2.05) is 33.3 Å². The number of hydrogen-bond acceptors (Lipinski definition) is 5. The van der Waals surface area contributed by atoms with Crippen molar-refractivity contribution in [1.29, 1.82) is 0 Å². The Labute approximate surface area is 156 Å². The number of carboxylic acids is 2. The highest BCUT2D eigenvalue weighted by molar-refractivity contribution is 5.70. The van der Waals surface area contributed by atoms with Crippen LogP contribution in [0.25, 0.3) is 0 Å². The Bertz CT molecular complexity index is 467. The third kappa shape index (κ3) is 17.0. The molecule has 26 heavy (non-hydrogen) atoms. The topological polar surface area (TPSA) is 104 Å². The van der Waals surface area contributed by atoms with E-state index >= 15 is 0 Å². The Hall–Kier alpha value is -1.89. The molecule has 0 rings (SSSR count). The number of allylic oxidation sites excluding steroid dienone is 2. The molecular formula is C19H33NO6. The molecule has 0 radical (unpaired) electrons. The minimum Gasteiger partial charge on any atom is -0.550 e. The highest BCUT2D eigenvalue weighted by Crippen LogP contribution is 2.10.